The van der Waals surface area contributed by atoms with E-state index in [2.05, 4.69) is 29.9 Å². The van der Waals surface area contributed by atoms with E-state index in [9.17, 15) is 0 Å². The van der Waals surface area contributed by atoms with Crippen molar-refractivity contribution in [2.45, 2.75) is 32.9 Å². The van der Waals surface area contributed by atoms with Crippen molar-refractivity contribution < 1.29 is 0 Å². The molecule has 2 nitrogen and oxygen atoms in total. The molecule has 13 heavy (non-hydrogen) atoms. The van der Waals surface area contributed by atoms with Crippen molar-refractivity contribution in [2.24, 2.45) is 4.99 Å². The Morgan fingerprint density at radius 2 is 2.31 bits per heavy atom. The third kappa shape index (κ3) is 4.04. The molecule has 1 unspecified atom stereocenters. The van der Waals surface area contributed by atoms with Crippen LogP contribution in [0.4, 0.5) is 0 Å². The molecule has 72 valence electrons. The van der Waals surface area contributed by atoms with Gasteiger partial charge in [-0.25, -0.2) is 0 Å². The third-order valence-corrected chi connectivity index (χ3v) is 2.07. The molecule has 0 amide bonds. The van der Waals surface area contributed by atoms with Crippen molar-refractivity contribution >= 4 is 5.71 Å². The zero-order valence-electron chi connectivity index (χ0n) is 8.51. The maximum Gasteiger partial charge on any atom is 0.0968 e. The van der Waals surface area contributed by atoms with Gasteiger partial charge in [0.1, 0.15) is 0 Å². The van der Waals surface area contributed by atoms with Gasteiger partial charge in [0.25, 0.3) is 0 Å². The molecule has 0 bridgehead atoms. The van der Waals surface area contributed by atoms with Gasteiger partial charge in [-0.15, -0.1) is 0 Å². The van der Waals surface area contributed by atoms with Crippen molar-refractivity contribution in [1.29, 1.82) is 0 Å². The fourth-order valence-corrected chi connectivity index (χ4v) is 1.34. The summed E-state index contributed by atoms with van der Waals surface area (Å²) >= 11 is 0. The predicted octanol–water partition coefficient (Wildman–Crippen LogP) is 2.29. The first-order valence-corrected chi connectivity index (χ1v) is 4.82. The van der Waals surface area contributed by atoms with Crippen LogP contribution in [0.3, 0.4) is 0 Å². The molecule has 1 aliphatic heterocycles. The lowest BCUT2D eigenvalue weighted by molar-refractivity contribution is 0.554. The Bertz CT molecular complexity index is 238. The lowest BCUT2D eigenvalue weighted by atomic mass is 10.1. The van der Waals surface area contributed by atoms with Crippen LogP contribution in [0.1, 0.15) is 26.7 Å². The van der Waals surface area contributed by atoms with Crippen molar-refractivity contribution in [3.05, 3.63) is 24.3 Å². The van der Waals surface area contributed by atoms with E-state index in [4.69, 9.17) is 0 Å². The van der Waals surface area contributed by atoms with Gasteiger partial charge in [-0.3, -0.25) is 10.3 Å². The lowest BCUT2D eigenvalue weighted by Crippen LogP contribution is -2.26. The second-order valence-corrected chi connectivity index (χ2v) is 3.50. The summed E-state index contributed by atoms with van der Waals surface area (Å²) in [5, 5.41) is 3.34. The van der Waals surface area contributed by atoms with Crippen LogP contribution in [-0.4, -0.2) is 18.4 Å². The van der Waals surface area contributed by atoms with Crippen molar-refractivity contribution in [3.8, 4) is 0 Å². The first kappa shape index (κ1) is 10.2. The van der Waals surface area contributed by atoms with Crippen LogP contribution in [0.2, 0.25) is 0 Å². The molecule has 0 aromatic rings. The van der Waals surface area contributed by atoms with Crippen LogP contribution >= 0.6 is 0 Å². The lowest BCUT2D eigenvalue weighted by Gasteiger charge is -2.11. The monoisotopic (exact) mass is 178 g/mol. The summed E-state index contributed by atoms with van der Waals surface area (Å²) in [5.41, 5.74) is 2.24. The second kappa shape index (κ2) is 4.97. The number of aliphatic imine (C=N–C) groups is 1. The van der Waals surface area contributed by atoms with E-state index in [0.717, 1.165) is 25.1 Å². The maximum atomic E-state index is 4.45. The molecule has 0 radical (unpaired) electrons. The highest BCUT2D eigenvalue weighted by Crippen LogP contribution is 2.05. The first-order valence-electron chi connectivity index (χ1n) is 4.82. The Balaban J connectivity index is 2.68. The molecule has 1 heterocycles. The van der Waals surface area contributed by atoms with E-state index in [0.29, 0.717) is 0 Å². The molecule has 2 heteroatoms. The molecule has 0 spiro atoms. The van der Waals surface area contributed by atoms with E-state index in [-0.39, 0.29) is 6.17 Å². The number of hydrogen-bond donors (Lipinski definition) is 1. The minimum Gasteiger partial charge on any atom is -0.296 e. The summed E-state index contributed by atoms with van der Waals surface area (Å²) in [6.07, 6.45) is 6.55. The summed E-state index contributed by atoms with van der Waals surface area (Å²) in [4.78, 5) is 4.45. The molecule has 0 aromatic carbocycles. The fourth-order valence-electron chi connectivity index (χ4n) is 1.34. The number of allylic oxidation sites excluding steroid dienone is 3. The average Bonchev–Trinajstić information content (AvgIpc) is 2.08. The molecule has 0 saturated heterocycles. The smallest absolute Gasteiger partial charge is 0.0968 e. The third-order valence-electron chi connectivity index (χ3n) is 2.07. The molecule has 1 N–H and O–H groups in total. The molecule has 0 fully saturated rings. The van der Waals surface area contributed by atoms with Crippen LogP contribution in [0.15, 0.2) is 29.3 Å². The van der Waals surface area contributed by atoms with E-state index in [1.807, 2.05) is 13.0 Å². The number of rotatable bonds is 0. The van der Waals surface area contributed by atoms with Gasteiger partial charge < -0.3 is 0 Å². The SMILES string of the molecule is C=C1/C=C\C(C)=N/C(C)NCCC1. The molecule has 1 rings (SSSR count). The number of hydrogen-bond acceptors (Lipinski definition) is 2. The quantitative estimate of drug-likeness (QED) is 0.604. The highest BCUT2D eigenvalue weighted by atomic mass is 15.1. The molecule has 0 saturated carbocycles. The van der Waals surface area contributed by atoms with E-state index < -0.39 is 0 Å². The fraction of sp³-hybridized carbons (Fsp3) is 0.545. The van der Waals surface area contributed by atoms with Crippen molar-refractivity contribution in [2.75, 3.05) is 6.54 Å². The highest BCUT2D eigenvalue weighted by Gasteiger charge is 1.99. The topological polar surface area (TPSA) is 24.4 Å². The Kier molecular flexibility index (Phi) is 3.90. The summed E-state index contributed by atoms with van der Waals surface area (Å²) in [7, 11) is 0. The van der Waals surface area contributed by atoms with E-state index in [1.54, 1.807) is 0 Å². The van der Waals surface area contributed by atoms with Crippen LogP contribution in [0.25, 0.3) is 0 Å². The van der Waals surface area contributed by atoms with Gasteiger partial charge in [0.15, 0.2) is 0 Å². The van der Waals surface area contributed by atoms with Crippen LogP contribution < -0.4 is 5.32 Å². The van der Waals surface area contributed by atoms with Crippen LogP contribution in [0, 0.1) is 0 Å². The molecule has 0 aromatic heterocycles. The molecular weight excluding hydrogens is 160 g/mol. The molecule has 1 aliphatic rings. The number of nitrogens with one attached hydrogen (secondary N) is 1. The average molecular weight is 178 g/mol. The van der Waals surface area contributed by atoms with E-state index >= 15 is 0 Å². The summed E-state index contributed by atoms with van der Waals surface area (Å²) in [5.74, 6) is 0. The van der Waals surface area contributed by atoms with Crippen LogP contribution in [0.5, 0.6) is 0 Å². The Morgan fingerprint density at radius 1 is 1.54 bits per heavy atom. The normalized spacial score (nSPS) is 32.0. The van der Waals surface area contributed by atoms with Crippen molar-refractivity contribution in [1.82, 2.24) is 5.32 Å². The summed E-state index contributed by atoms with van der Waals surface area (Å²) in [6, 6.07) is 0. The zero-order valence-corrected chi connectivity index (χ0v) is 8.51. The highest BCUT2D eigenvalue weighted by molar-refractivity contribution is 5.93. The zero-order chi connectivity index (χ0) is 9.68. The predicted molar refractivity (Wildman–Crippen MR) is 58.1 cm³/mol. The van der Waals surface area contributed by atoms with Gasteiger partial charge in [-0.1, -0.05) is 18.2 Å². The van der Waals surface area contributed by atoms with Gasteiger partial charge in [0.05, 0.1) is 6.17 Å². The van der Waals surface area contributed by atoms with Gasteiger partial charge >= 0.3 is 0 Å². The minimum absolute atomic E-state index is 0.232. The first-order chi connectivity index (χ1) is 6.18. The summed E-state index contributed by atoms with van der Waals surface area (Å²) < 4.78 is 0. The Labute approximate surface area is 80.4 Å². The number of nitrogens with zero attached hydrogens (tertiary/aromatic N) is 1. The minimum atomic E-state index is 0.232. The van der Waals surface area contributed by atoms with E-state index in [1.165, 1.54) is 5.57 Å². The molecule has 0 aliphatic carbocycles. The Morgan fingerprint density at radius 3 is 3.08 bits per heavy atom. The molecule has 1 atom stereocenters. The molecular formula is C11H18N2. The van der Waals surface area contributed by atoms with Gasteiger partial charge in [0, 0.05) is 5.71 Å². The second-order valence-electron chi connectivity index (χ2n) is 3.50. The van der Waals surface area contributed by atoms with Crippen LogP contribution in [-0.2, 0) is 0 Å². The maximum absolute atomic E-state index is 4.45. The van der Waals surface area contributed by atoms with Gasteiger partial charge in [0.2, 0.25) is 0 Å². The van der Waals surface area contributed by atoms with Crippen molar-refractivity contribution in [3.63, 3.8) is 0 Å². The van der Waals surface area contributed by atoms with Gasteiger partial charge in [-0.2, -0.15) is 0 Å². The van der Waals surface area contributed by atoms with Gasteiger partial charge in [-0.05, 0) is 39.3 Å². The standard InChI is InChI=1S/C11H18N2/c1-9-5-4-8-12-11(3)13-10(2)7-6-9/h6-7,11-12H,1,4-5,8H2,2-3H3/b7-6-,13-10-. The summed E-state index contributed by atoms with van der Waals surface area (Å²) in [6.45, 7) is 9.09. The largest absolute Gasteiger partial charge is 0.296 e. The Hall–Kier alpha value is -0.890.